The minimum absolute atomic E-state index is 0.105. The van der Waals surface area contributed by atoms with Crippen LogP contribution in [0.25, 0.3) is 10.4 Å². The predicted octanol–water partition coefficient (Wildman–Crippen LogP) is 4.84. The Balaban J connectivity index is 1.18. The molecule has 9 heteroatoms. The molecule has 0 bridgehead atoms. The van der Waals surface area contributed by atoms with Crippen LogP contribution in [0.1, 0.15) is 17.5 Å². The van der Waals surface area contributed by atoms with Gasteiger partial charge in [-0.1, -0.05) is 35.3 Å². The Kier molecular flexibility index (Phi) is 7.63. The molecule has 1 N–H and O–H groups in total. The van der Waals surface area contributed by atoms with Gasteiger partial charge in [-0.15, -0.1) is 11.3 Å². The van der Waals surface area contributed by atoms with E-state index in [-0.39, 0.29) is 18.5 Å². The number of halogens is 2. The Labute approximate surface area is 201 Å². The molecule has 1 saturated heterocycles. The molecule has 1 amide bonds. The zero-order chi connectivity index (χ0) is 22.5. The van der Waals surface area contributed by atoms with Crippen LogP contribution in [0, 0.1) is 12.8 Å². The maximum atomic E-state index is 12.2. The molecule has 1 unspecified atom stereocenters. The second kappa shape index (κ2) is 10.6. The first-order valence-corrected chi connectivity index (χ1v) is 12.0. The minimum atomic E-state index is -0.178. The van der Waals surface area contributed by atoms with Crippen molar-refractivity contribution in [3.05, 3.63) is 63.2 Å². The van der Waals surface area contributed by atoms with Gasteiger partial charge in [0.15, 0.2) is 6.61 Å². The number of benzene rings is 1. The minimum Gasteiger partial charge on any atom is -0.453 e. The summed E-state index contributed by atoms with van der Waals surface area (Å²) in [7, 11) is 0. The van der Waals surface area contributed by atoms with Gasteiger partial charge in [-0.25, -0.2) is 9.97 Å². The zero-order valence-electron chi connectivity index (χ0n) is 17.7. The van der Waals surface area contributed by atoms with Crippen molar-refractivity contribution < 1.29 is 9.53 Å². The number of hydrogen-bond donors (Lipinski definition) is 1. The molecule has 0 spiro atoms. The van der Waals surface area contributed by atoms with Gasteiger partial charge >= 0.3 is 6.01 Å². The second-order valence-corrected chi connectivity index (χ2v) is 9.63. The lowest BCUT2D eigenvalue weighted by molar-refractivity contribution is -0.123. The lowest BCUT2D eigenvalue weighted by Gasteiger charge is -2.17. The smallest absolute Gasteiger partial charge is 0.316 e. The average Bonchev–Trinajstić information content (AvgIpc) is 3.43. The van der Waals surface area contributed by atoms with E-state index in [2.05, 4.69) is 38.6 Å². The molecule has 0 radical (unpaired) electrons. The molecule has 1 aromatic carbocycles. The number of rotatable bonds is 8. The van der Waals surface area contributed by atoms with Crippen molar-refractivity contribution in [2.75, 3.05) is 26.2 Å². The topological polar surface area (TPSA) is 67.3 Å². The van der Waals surface area contributed by atoms with Gasteiger partial charge in [0.1, 0.15) is 0 Å². The van der Waals surface area contributed by atoms with Crippen molar-refractivity contribution in [3.63, 3.8) is 0 Å². The van der Waals surface area contributed by atoms with Crippen molar-refractivity contribution >= 4 is 40.4 Å². The van der Waals surface area contributed by atoms with Crippen LogP contribution < -0.4 is 10.1 Å². The fourth-order valence-corrected chi connectivity index (χ4v) is 4.93. The number of thiophene rings is 1. The number of nitrogens with zero attached hydrogens (tertiary/aromatic N) is 3. The first-order chi connectivity index (χ1) is 15.5. The SMILES string of the molecule is Cc1csc(-c2cnc(OCC(=O)NCC3CCN(Cc4cccc(Cl)c4Cl)C3)nc2)c1. The fraction of sp³-hybridized carbons (Fsp3) is 0.348. The summed E-state index contributed by atoms with van der Waals surface area (Å²) < 4.78 is 5.44. The summed E-state index contributed by atoms with van der Waals surface area (Å²) in [6, 6.07) is 7.99. The quantitative estimate of drug-likeness (QED) is 0.489. The Morgan fingerprint density at radius 2 is 2.12 bits per heavy atom. The molecular formula is C23H24Cl2N4O2S. The molecule has 2 aromatic heterocycles. The molecule has 32 heavy (non-hydrogen) atoms. The number of aryl methyl sites for hydroxylation is 1. The van der Waals surface area contributed by atoms with E-state index in [1.54, 1.807) is 29.8 Å². The number of carbonyl (C=O) groups is 1. The molecule has 3 heterocycles. The van der Waals surface area contributed by atoms with Crippen LogP contribution in [0.4, 0.5) is 0 Å². The Hall–Kier alpha value is -2.19. The van der Waals surface area contributed by atoms with Gasteiger partial charge < -0.3 is 10.1 Å². The van der Waals surface area contributed by atoms with Crippen molar-refractivity contribution in [2.24, 2.45) is 5.92 Å². The highest BCUT2D eigenvalue weighted by atomic mass is 35.5. The van der Waals surface area contributed by atoms with Crippen LogP contribution in [-0.2, 0) is 11.3 Å². The third-order valence-electron chi connectivity index (χ3n) is 5.36. The number of aromatic nitrogens is 2. The van der Waals surface area contributed by atoms with Gasteiger partial charge in [0.05, 0.1) is 10.0 Å². The molecule has 0 saturated carbocycles. The van der Waals surface area contributed by atoms with Crippen LogP contribution in [0.2, 0.25) is 10.0 Å². The highest BCUT2D eigenvalue weighted by Gasteiger charge is 2.23. The highest BCUT2D eigenvalue weighted by Crippen LogP contribution is 2.28. The lowest BCUT2D eigenvalue weighted by Crippen LogP contribution is -2.34. The van der Waals surface area contributed by atoms with Crippen LogP contribution in [0.5, 0.6) is 6.01 Å². The van der Waals surface area contributed by atoms with Crippen LogP contribution in [0.3, 0.4) is 0 Å². The number of likely N-dealkylation sites (tertiary alicyclic amines) is 1. The van der Waals surface area contributed by atoms with Crippen LogP contribution in [0.15, 0.2) is 42.0 Å². The van der Waals surface area contributed by atoms with E-state index in [4.69, 9.17) is 27.9 Å². The molecular weight excluding hydrogens is 467 g/mol. The van der Waals surface area contributed by atoms with E-state index in [0.29, 0.717) is 22.5 Å². The van der Waals surface area contributed by atoms with Crippen molar-refractivity contribution in [1.29, 1.82) is 0 Å². The molecule has 6 nitrogen and oxygen atoms in total. The van der Waals surface area contributed by atoms with Gasteiger partial charge in [0.2, 0.25) is 0 Å². The maximum absolute atomic E-state index is 12.2. The number of nitrogens with one attached hydrogen (secondary N) is 1. The number of amides is 1. The number of ether oxygens (including phenoxy) is 1. The molecule has 1 aliphatic rings. The monoisotopic (exact) mass is 490 g/mol. The van der Waals surface area contributed by atoms with E-state index < -0.39 is 0 Å². The molecule has 4 rings (SSSR count). The van der Waals surface area contributed by atoms with Gasteiger partial charge in [0.25, 0.3) is 5.91 Å². The maximum Gasteiger partial charge on any atom is 0.316 e. The summed E-state index contributed by atoms with van der Waals surface area (Å²) in [6.45, 7) is 5.17. The van der Waals surface area contributed by atoms with Crippen LogP contribution in [-0.4, -0.2) is 47.0 Å². The van der Waals surface area contributed by atoms with Gasteiger partial charge in [-0.3, -0.25) is 9.69 Å². The van der Waals surface area contributed by atoms with E-state index in [1.165, 1.54) is 5.56 Å². The first-order valence-electron chi connectivity index (χ1n) is 10.4. The third-order valence-corrected chi connectivity index (χ3v) is 7.31. The van der Waals surface area contributed by atoms with E-state index in [0.717, 1.165) is 42.1 Å². The van der Waals surface area contributed by atoms with E-state index in [9.17, 15) is 4.79 Å². The number of carbonyl (C=O) groups excluding carboxylic acids is 1. The average molecular weight is 491 g/mol. The molecule has 1 atom stereocenters. The predicted molar refractivity (Wildman–Crippen MR) is 128 cm³/mol. The van der Waals surface area contributed by atoms with Gasteiger partial charge in [0, 0.05) is 42.5 Å². The van der Waals surface area contributed by atoms with Crippen molar-refractivity contribution in [1.82, 2.24) is 20.2 Å². The molecule has 1 aliphatic heterocycles. The summed E-state index contributed by atoms with van der Waals surface area (Å²) >= 11 is 14.0. The first kappa shape index (κ1) is 23.0. The summed E-state index contributed by atoms with van der Waals surface area (Å²) in [5, 5.41) is 6.22. The van der Waals surface area contributed by atoms with Crippen molar-refractivity contribution in [3.8, 4) is 16.5 Å². The third kappa shape index (κ3) is 5.98. The van der Waals surface area contributed by atoms with Gasteiger partial charge in [-0.2, -0.15) is 0 Å². The Morgan fingerprint density at radius 1 is 1.31 bits per heavy atom. The summed E-state index contributed by atoms with van der Waals surface area (Å²) in [5.41, 5.74) is 3.17. The summed E-state index contributed by atoms with van der Waals surface area (Å²) in [5.74, 6) is 0.213. The van der Waals surface area contributed by atoms with Crippen LogP contribution >= 0.6 is 34.5 Å². The normalized spacial score (nSPS) is 16.3. The van der Waals surface area contributed by atoms with E-state index >= 15 is 0 Å². The second-order valence-electron chi connectivity index (χ2n) is 7.94. The molecule has 3 aromatic rings. The molecule has 168 valence electrons. The Morgan fingerprint density at radius 3 is 2.88 bits per heavy atom. The molecule has 0 aliphatic carbocycles. The largest absolute Gasteiger partial charge is 0.453 e. The lowest BCUT2D eigenvalue weighted by atomic mass is 10.1. The standard InChI is InChI=1S/C23H24Cl2N4O2S/c1-15-7-20(32-14-15)18-9-27-23(28-10-18)31-13-21(30)26-8-16-5-6-29(11-16)12-17-3-2-4-19(24)22(17)25/h2-4,7,9-10,14,16H,5-6,8,11-13H2,1H3,(H,26,30). The zero-order valence-corrected chi connectivity index (χ0v) is 20.0. The van der Waals surface area contributed by atoms with E-state index in [1.807, 2.05) is 12.1 Å². The Bertz CT molecular complexity index is 1070. The highest BCUT2D eigenvalue weighted by molar-refractivity contribution is 7.13. The summed E-state index contributed by atoms with van der Waals surface area (Å²) in [6.07, 6.45) is 4.45. The molecule has 1 fully saturated rings. The van der Waals surface area contributed by atoms with Gasteiger partial charge in [-0.05, 0) is 54.4 Å². The van der Waals surface area contributed by atoms with Crippen molar-refractivity contribution in [2.45, 2.75) is 19.9 Å². The number of hydrogen-bond acceptors (Lipinski definition) is 6. The summed E-state index contributed by atoms with van der Waals surface area (Å²) in [4.78, 5) is 24.0. The fourth-order valence-electron chi connectivity index (χ4n) is 3.67.